The second kappa shape index (κ2) is 18.3. The van der Waals surface area contributed by atoms with E-state index in [9.17, 15) is 37.8 Å². The van der Waals surface area contributed by atoms with Gasteiger partial charge in [0.1, 0.15) is 0 Å². The van der Waals surface area contributed by atoms with Gasteiger partial charge in [0.25, 0.3) is 0 Å². The lowest BCUT2D eigenvalue weighted by Crippen LogP contribution is -2.26. The van der Waals surface area contributed by atoms with Crippen LogP contribution in [0.25, 0.3) is 0 Å². The van der Waals surface area contributed by atoms with E-state index in [-0.39, 0.29) is 0 Å². The molecule has 4 N–H and O–H groups in total. The Bertz CT molecular complexity index is 627. The fourth-order valence-electron chi connectivity index (χ4n) is 3.49. The standard InChI is InChI=1S/C16H38O8P4S6/c1-11(7-15(3,4)13(31-25(17)18)32-26(19)20)9-29-30-10-12(2)8-16(5,6)14(33-27(21)22)34-28(23)24/h11-14,25-28H,7-10H2,1-6H3,(H,17,18)(H,19,20)(H,21,22)(H,23,24). The van der Waals surface area contributed by atoms with Crippen LogP contribution in [-0.2, 0) is 18.3 Å². The summed E-state index contributed by atoms with van der Waals surface area (Å²) >= 11 is 3.49. The molecule has 0 aromatic rings. The first-order valence-corrected chi connectivity index (χ1v) is 24.6. The van der Waals surface area contributed by atoms with Crippen molar-refractivity contribution in [3.63, 3.8) is 0 Å². The van der Waals surface area contributed by atoms with E-state index in [2.05, 4.69) is 13.8 Å². The summed E-state index contributed by atoms with van der Waals surface area (Å²) in [6.07, 6.45) is 1.49. The molecule has 0 spiro atoms. The van der Waals surface area contributed by atoms with Gasteiger partial charge in [-0.1, -0.05) is 109 Å². The average molecular weight is 675 g/mol. The van der Waals surface area contributed by atoms with Crippen molar-refractivity contribution in [2.24, 2.45) is 22.7 Å². The monoisotopic (exact) mass is 674 g/mol. The number of hydrogen-bond acceptors (Lipinski definition) is 10. The minimum absolute atomic E-state index is 0.298. The minimum atomic E-state index is -2.82. The van der Waals surface area contributed by atoms with Gasteiger partial charge in [-0.25, -0.2) is 0 Å². The van der Waals surface area contributed by atoms with E-state index in [0.717, 1.165) is 69.9 Å². The molecule has 206 valence electrons. The van der Waals surface area contributed by atoms with Crippen molar-refractivity contribution in [2.75, 3.05) is 11.5 Å². The van der Waals surface area contributed by atoms with Crippen LogP contribution >= 0.6 is 96.0 Å². The van der Waals surface area contributed by atoms with E-state index < -0.39 is 48.9 Å². The summed E-state index contributed by atoms with van der Waals surface area (Å²) in [6.45, 7) is 12.0. The van der Waals surface area contributed by atoms with Gasteiger partial charge in [0.15, 0.2) is 0 Å². The Morgan fingerprint density at radius 3 is 1.03 bits per heavy atom. The summed E-state index contributed by atoms with van der Waals surface area (Å²) < 4.78 is 44.5. The van der Waals surface area contributed by atoms with E-state index in [0.29, 0.717) is 11.8 Å². The van der Waals surface area contributed by atoms with Gasteiger partial charge in [0.05, 0.1) is 9.16 Å². The van der Waals surface area contributed by atoms with Gasteiger partial charge in [-0.15, -0.1) is 0 Å². The predicted molar refractivity (Wildman–Crippen MR) is 163 cm³/mol. The minimum Gasteiger partial charge on any atom is -0.339 e. The molecule has 0 saturated carbocycles. The Labute approximate surface area is 230 Å². The van der Waals surface area contributed by atoms with Gasteiger partial charge >= 0.3 is 0 Å². The molecule has 0 aliphatic carbocycles. The molecule has 18 heteroatoms. The van der Waals surface area contributed by atoms with Crippen molar-refractivity contribution in [1.82, 2.24) is 0 Å². The van der Waals surface area contributed by atoms with Gasteiger partial charge in [0.2, 0.25) is 28.9 Å². The van der Waals surface area contributed by atoms with Crippen molar-refractivity contribution in [3.8, 4) is 0 Å². The highest BCUT2D eigenvalue weighted by atomic mass is 33.1. The number of rotatable bonds is 19. The molecule has 0 aliphatic rings. The molecule has 0 aromatic heterocycles. The molecule has 34 heavy (non-hydrogen) atoms. The van der Waals surface area contributed by atoms with Crippen LogP contribution in [0.2, 0.25) is 0 Å². The maximum Gasteiger partial charge on any atom is 0.244 e. The molecule has 0 amide bonds. The SMILES string of the molecule is CC(CSSCC(C)CC(C)(C)C(S[PH](=O)O)S[PH](=O)O)CC(C)(C)C(S[PH](=O)O)S[PH](=O)O. The predicted octanol–water partition coefficient (Wildman–Crippen LogP) is 7.59. The van der Waals surface area contributed by atoms with Gasteiger partial charge < -0.3 is 19.6 Å². The van der Waals surface area contributed by atoms with Crippen molar-refractivity contribution in [1.29, 1.82) is 0 Å². The quantitative estimate of drug-likeness (QED) is 0.0461. The summed E-state index contributed by atoms with van der Waals surface area (Å²) in [6, 6.07) is 0. The van der Waals surface area contributed by atoms with Crippen LogP contribution in [0.4, 0.5) is 0 Å². The van der Waals surface area contributed by atoms with Crippen LogP contribution in [0.3, 0.4) is 0 Å². The van der Waals surface area contributed by atoms with Crippen molar-refractivity contribution < 1.29 is 37.8 Å². The molecule has 0 heterocycles. The molecular formula is C16H38O8P4S6. The second-order valence-corrected chi connectivity index (χ2v) is 24.5. The second-order valence-electron chi connectivity index (χ2n) is 9.36. The third-order valence-electron chi connectivity index (χ3n) is 4.65. The van der Waals surface area contributed by atoms with Gasteiger partial charge in [-0.05, 0) is 35.5 Å². The zero-order chi connectivity index (χ0) is 26.7. The van der Waals surface area contributed by atoms with Crippen LogP contribution in [0.5, 0.6) is 0 Å². The molecule has 0 rings (SSSR count). The van der Waals surface area contributed by atoms with Gasteiger partial charge in [-0.3, -0.25) is 18.3 Å². The maximum absolute atomic E-state index is 11.3. The summed E-state index contributed by atoms with van der Waals surface area (Å²) in [5, 5.41) is 0. The highest BCUT2D eigenvalue weighted by Gasteiger charge is 2.36. The molecule has 0 fully saturated rings. The summed E-state index contributed by atoms with van der Waals surface area (Å²) in [5.41, 5.74) is -0.784. The lowest BCUT2D eigenvalue weighted by atomic mass is 9.85. The first-order valence-electron chi connectivity index (χ1n) is 10.3. The molecular weight excluding hydrogens is 636 g/mol. The van der Waals surface area contributed by atoms with Crippen LogP contribution in [0.15, 0.2) is 0 Å². The molecule has 0 aromatic carbocycles. The molecule has 0 saturated heterocycles. The molecule has 0 aliphatic heterocycles. The first-order chi connectivity index (χ1) is 15.5. The van der Waals surface area contributed by atoms with Gasteiger partial charge in [0, 0.05) is 11.5 Å². The highest BCUT2D eigenvalue weighted by Crippen LogP contribution is 2.58. The molecule has 0 radical (unpaired) electrons. The van der Waals surface area contributed by atoms with E-state index in [4.69, 9.17) is 0 Å². The zero-order valence-electron chi connectivity index (χ0n) is 20.0. The number of hydrogen-bond donors (Lipinski definition) is 4. The van der Waals surface area contributed by atoms with Crippen LogP contribution in [-0.4, -0.2) is 40.2 Å². The first kappa shape index (κ1) is 36.9. The summed E-state index contributed by atoms with van der Waals surface area (Å²) in [5.74, 6) is 2.32. The van der Waals surface area contributed by atoms with E-state index in [1.54, 1.807) is 21.6 Å². The van der Waals surface area contributed by atoms with E-state index in [1.165, 1.54) is 0 Å². The Balaban J connectivity index is 4.68. The van der Waals surface area contributed by atoms with Crippen molar-refractivity contribution >= 4 is 96.0 Å². The normalized spacial score (nSPS) is 20.2. The molecule has 6 atom stereocenters. The summed E-state index contributed by atoms with van der Waals surface area (Å²) in [4.78, 5) is 37.3. The fraction of sp³-hybridized carbons (Fsp3) is 1.00. The maximum atomic E-state index is 11.3. The van der Waals surface area contributed by atoms with Crippen LogP contribution < -0.4 is 0 Å². The smallest absolute Gasteiger partial charge is 0.244 e. The fourth-order valence-corrected chi connectivity index (χ4v) is 21.6. The van der Waals surface area contributed by atoms with E-state index >= 15 is 0 Å². The molecule has 8 nitrogen and oxygen atoms in total. The Morgan fingerprint density at radius 1 is 0.588 bits per heavy atom. The average Bonchev–Trinajstić information content (AvgIpc) is 2.62. The lowest BCUT2D eigenvalue weighted by Gasteiger charge is -2.34. The Hall–Kier alpha value is 2.86. The largest absolute Gasteiger partial charge is 0.339 e. The van der Waals surface area contributed by atoms with Gasteiger partial charge in [-0.2, -0.15) is 0 Å². The third kappa shape index (κ3) is 17.4. The topological polar surface area (TPSA) is 149 Å². The van der Waals surface area contributed by atoms with Crippen LogP contribution in [0.1, 0.15) is 54.4 Å². The van der Waals surface area contributed by atoms with Crippen molar-refractivity contribution in [3.05, 3.63) is 0 Å². The lowest BCUT2D eigenvalue weighted by molar-refractivity contribution is 0.318. The summed E-state index contributed by atoms with van der Waals surface area (Å²) in [7, 11) is -7.80. The highest BCUT2D eigenvalue weighted by molar-refractivity contribution is 8.76. The molecule has 0 bridgehead atoms. The van der Waals surface area contributed by atoms with E-state index in [1.807, 2.05) is 27.7 Å². The Morgan fingerprint density at radius 2 is 0.824 bits per heavy atom. The Kier molecular flexibility index (Phi) is 19.8. The van der Waals surface area contributed by atoms with Crippen LogP contribution in [0, 0.1) is 22.7 Å². The molecule has 6 unspecified atom stereocenters. The van der Waals surface area contributed by atoms with Crippen molar-refractivity contribution in [2.45, 2.75) is 63.5 Å². The zero-order valence-corrected chi connectivity index (χ0v) is 28.9. The third-order valence-corrected chi connectivity index (χ3v) is 20.2.